The van der Waals surface area contributed by atoms with Crippen LogP contribution in [0.5, 0.6) is 0 Å². The Bertz CT molecular complexity index is 1020. The van der Waals surface area contributed by atoms with Gasteiger partial charge in [0.2, 0.25) is 11.6 Å². The zero-order valence-electron chi connectivity index (χ0n) is 14.4. The monoisotopic (exact) mass is 352 g/mol. The first-order chi connectivity index (χ1) is 13.3. The van der Waals surface area contributed by atoms with Crippen molar-refractivity contribution < 1.29 is 9.59 Å². The van der Waals surface area contributed by atoms with Crippen LogP contribution in [0.1, 0.15) is 32.1 Å². The molecule has 130 valence electrons. The maximum Gasteiger partial charge on any atom is 0.213 e. The predicted molar refractivity (Wildman–Crippen MR) is 104 cm³/mol. The summed E-state index contributed by atoms with van der Waals surface area (Å²) in [5, 5.41) is 7.02. The Kier molecular flexibility index (Phi) is 4.45. The van der Waals surface area contributed by atoms with E-state index in [1.807, 2.05) is 54.6 Å². The molecule has 4 aromatic rings. The van der Waals surface area contributed by atoms with Crippen molar-refractivity contribution >= 4 is 11.6 Å². The van der Waals surface area contributed by atoms with Crippen molar-refractivity contribution in [1.82, 2.24) is 10.2 Å². The third-order valence-electron chi connectivity index (χ3n) is 4.34. The second kappa shape index (κ2) is 7.22. The molecular formula is C23H16N2O2. The first kappa shape index (κ1) is 16.7. The topological polar surface area (TPSA) is 62.8 Å². The largest absolute Gasteiger partial charge is 0.287 e. The highest BCUT2D eigenvalue weighted by Gasteiger charge is 2.25. The van der Waals surface area contributed by atoms with Crippen LogP contribution >= 0.6 is 0 Å². The lowest BCUT2D eigenvalue weighted by Gasteiger charge is -2.06. The van der Waals surface area contributed by atoms with Crippen molar-refractivity contribution in [1.29, 1.82) is 0 Å². The number of carbonyl (C=O) groups is 2. The number of hydrogen-bond acceptors (Lipinski definition) is 3. The van der Waals surface area contributed by atoms with Gasteiger partial charge in [0, 0.05) is 16.7 Å². The van der Waals surface area contributed by atoms with E-state index < -0.39 is 0 Å². The number of carbonyl (C=O) groups excluding carboxylic acids is 2. The van der Waals surface area contributed by atoms with Crippen LogP contribution in [0, 0.1) is 0 Å². The third-order valence-corrected chi connectivity index (χ3v) is 4.34. The highest BCUT2D eigenvalue weighted by Crippen LogP contribution is 2.29. The maximum atomic E-state index is 13.0. The van der Waals surface area contributed by atoms with Gasteiger partial charge in [-0.15, -0.1) is 0 Å². The molecule has 0 fully saturated rings. The standard InChI is InChI=1S/C23H16N2O2/c26-22(17-12-6-2-7-13-17)20-19(16-10-4-1-5-11-16)21(25-24-20)23(27)18-14-8-3-9-15-18/h1-15H,(H,24,25). The predicted octanol–water partition coefficient (Wildman–Crippen LogP) is 4.54. The number of rotatable bonds is 5. The Hall–Kier alpha value is -3.79. The number of benzene rings is 3. The molecule has 0 bridgehead atoms. The number of nitrogens with zero attached hydrogens (tertiary/aromatic N) is 1. The van der Waals surface area contributed by atoms with E-state index in [0.29, 0.717) is 22.4 Å². The number of hydrogen-bond donors (Lipinski definition) is 1. The van der Waals surface area contributed by atoms with Crippen LogP contribution in [0.2, 0.25) is 0 Å². The van der Waals surface area contributed by atoms with Crippen LogP contribution < -0.4 is 0 Å². The quantitative estimate of drug-likeness (QED) is 0.536. The Labute approximate surface area is 156 Å². The van der Waals surface area contributed by atoms with E-state index in [1.165, 1.54) is 0 Å². The van der Waals surface area contributed by atoms with Gasteiger partial charge in [-0.2, -0.15) is 5.10 Å². The Balaban J connectivity index is 1.87. The summed E-state index contributed by atoms with van der Waals surface area (Å²) in [6.45, 7) is 0. The first-order valence-corrected chi connectivity index (χ1v) is 8.59. The second-order valence-corrected chi connectivity index (χ2v) is 6.08. The summed E-state index contributed by atoms with van der Waals surface area (Å²) in [5.74, 6) is -0.424. The summed E-state index contributed by atoms with van der Waals surface area (Å²) < 4.78 is 0. The van der Waals surface area contributed by atoms with Gasteiger partial charge in [-0.3, -0.25) is 14.7 Å². The van der Waals surface area contributed by atoms with Gasteiger partial charge in [-0.25, -0.2) is 0 Å². The van der Waals surface area contributed by atoms with E-state index in [9.17, 15) is 9.59 Å². The third kappa shape index (κ3) is 3.20. The second-order valence-electron chi connectivity index (χ2n) is 6.08. The number of aromatic nitrogens is 2. The number of aromatic amines is 1. The maximum absolute atomic E-state index is 13.0. The van der Waals surface area contributed by atoms with Crippen LogP contribution in [-0.4, -0.2) is 21.8 Å². The van der Waals surface area contributed by atoms with Crippen molar-refractivity contribution in [3.8, 4) is 11.1 Å². The van der Waals surface area contributed by atoms with Gasteiger partial charge in [0.25, 0.3) is 0 Å². The van der Waals surface area contributed by atoms with Gasteiger partial charge in [-0.1, -0.05) is 91.0 Å². The van der Waals surface area contributed by atoms with E-state index in [2.05, 4.69) is 10.2 Å². The average molecular weight is 352 g/mol. The molecule has 27 heavy (non-hydrogen) atoms. The van der Waals surface area contributed by atoms with E-state index in [0.717, 1.165) is 5.56 Å². The summed E-state index contributed by atoms with van der Waals surface area (Å²) in [6, 6.07) is 27.3. The van der Waals surface area contributed by atoms with Crippen molar-refractivity contribution in [2.45, 2.75) is 0 Å². The van der Waals surface area contributed by atoms with E-state index >= 15 is 0 Å². The van der Waals surface area contributed by atoms with Crippen molar-refractivity contribution in [2.24, 2.45) is 0 Å². The van der Waals surface area contributed by atoms with Gasteiger partial charge in [-0.05, 0) is 5.56 Å². The average Bonchev–Trinajstić information content (AvgIpc) is 3.19. The molecule has 0 atom stereocenters. The number of H-pyrrole nitrogens is 1. The lowest BCUT2D eigenvalue weighted by Crippen LogP contribution is -2.06. The van der Waals surface area contributed by atoms with Crippen molar-refractivity contribution in [3.05, 3.63) is 114 Å². The fraction of sp³-hybridized carbons (Fsp3) is 0. The molecule has 1 aromatic heterocycles. The first-order valence-electron chi connectivity index (χ1n) is 8.59. The van der Waals surface area contributed by atoms with Gasteiger partial charge in [0.15, 0.2) is 0 Å². The summed E-state index contributed by atoms with van der Waals surface area (Å²) >= 11 is 0. The molecule has 4 rings (SSSR count). The zero-order valence-corrected chi connectivity index (χ0v) is 14.4. The Morgan fingerprint density at radius 1 is 0.630 bits per heavy atom. The van der Waals surface area contributed by atoms with E-state index in [4.69, 9.17) is 0 Å². The zero-order chi connectivity index (χ0) is 18.6. The molecule has 0 spiro atoms. The molecule has 0 unspecified atom stereocenters. The minimum Gasteiger partial charge on any atom is -0.287 e. The molecule has 4 nitrogen and oxygen atoms in total. The molecule has 1 N–H and O–H groups in total. The van der Waals surface area contributed by atoms with Gasteiger partial charge in [0.05, 0.1) is 0 Å². The van der Waals surface area contributed by atoms with Gasteiger partial charge in [0.1, 0.15) is 11.4 Å². The smallest absolute Gasteiger partial charge is 0.213 e. The molecule has 0 aliphatic rings. The van der Waals surface area contributed by atoms with Crippen LogP contribution in [0.4, 0.5) is 0 Å². The van der Waals surface area contributed by atoms with E-state index in [1.54, 1.807) is 36.4 Å². The minimum atomic E-state index is -0.224. The normalized spacial score (nSPS) is 10.5. The van der Waals surface area contributed by atoms with Crippen LogP contribution in [0.25, 0.3) is 11.1 Å². The van der Waals surface area contributed by atoms with E-state index in [-0.39, 0.29) is 17.3 Å². The van der Waals surface area contributed by atoms with Crippen LogP contribution in [0.3, 0.4) is 0 Å². The molecule has 4 heteroatoms. The lowest BCUT2D eigenvalue weighted by atomic mass is 9.95. The summed E-state index contributed by atoms with van der Waals surface area (Å²) in [7, 11) is 0. The fourth-order valence-corrected chi connectivity index (χ4v) is 3.02. The summed E-state index contributed by atoms with van der Waals surface area (Å²) in [5.41, 5.74) is 2.92. The van der Waals surface area contributed by atoms with Crippen LogP contribution in [0.15, 0.2) is 91.0 Å². The highest BCUT2D eigenvalue weighted by atomic mass is 16.1. The summed E-state index contributed by atoms with van der Waals surface area (Å²) in [6.07, 6.45) is 0. The van der Waals surface area contributed by atoms with Gasteiger partial charge >= 0.3 is 0 Å². The lowest BCUT2D eigenvalue weighted by molar-refractivity contribution is 0.102. The molecule has 0 aliphatic carbocycles. The minimum absolute atomic E-state index is 0.200. The number of nitrogens with one attached hydrogen (secondary N) is 1. The van der Waals surface area contributed by atoms with Crippen molar-refractivity contribution in [3.63, 3.8) is 0 Å². The molecule has 0 saturated carbocycles. The SMILES string of the molecule is O=C(c1ccccc1)c1n[nH]c(C(=O)c2ccccc2)c1-c1ccccc1. The molecule has 0 saturated heterocycles. The molecule has 0 radical (unpaired) electrons. The molecule has 3 aromatic carbocycles. The fourth-order valence-electron chi connectivity index (χ4n) is 3.02. The molecule has 1 heterocycles. The molecular weight excluding hydrogens is 336 g/mol. The Morgan fingerprint density at radius 3 is 1.67 bits per heavy atom. The molecule has 0 aliphatic heterocycles. The van der Waals surface area contributed by atoms with Crippen molar-refractivity contribution in [2.75, 3.05) is 0 Å². The van der Waals surface area contributed by atoms with Gasteiger partial charge < -0.3 is 0 Å². The Morgan fingerprint density at radius 2 is 1.11 bits per heavy atom. The van der Waals surface area contributed by atoms with Crippen LogP contribution in [-0.2, 0) is 0 Å². The summed E-state index contributed by atoms with van der Waals surface area (Å²) in [4.78, 5) is 26.0. The highest BCUT2D eigenvalue weighted by molar-refractivity contribution is 6.17. The number of ketones is 2. The molecule has 0 amide bonds.